The Bertz CT molecular complexity index is 699. The number of H-pyrrole nitrogens is 1. The Morgan fingerprint density at radius 2 is 2.36 bits per heavy atom. The Labute approximate surface area is 127 Å². The highest BCUT2D eigenvalue weighted by Crippen LogP contribution is 2.26. The van der Waals surface area contributed by atoms with Crippen molar-refractivity contribution in [2.24, 2.45) is 0 Å². The first-order chi connectivity index (χ1) is 10.7. The number of ether oxygens (including phenoxy) is 1. The van der Waals surface area contributed by atoms with Crippen LogP contribution in [0.2, 0.25) is 0 Å². The summed E-state index contributed by atoms with van der Waals surface area (Å²) in [6, 6.07) is 4.01. The average Bonchev–Trinajstić information content (AvgIpc) is 2.94. The third-order valence-corrected chi connectivity index (χ3v) is 3.51. The number of aromatic amines is 1. The highest BCUT2D eigenvalue weighted by molar-refractivity contribution is 6.04. The number of hydrogen-bond acceptors (Lipinski definition) is 4. The summed E-state index contributed by atoms with van der Waals surface area (Å²) >= 11 is 0. The molecule has 0 aliphatic carbocycles. The van der Waals surface area contributed by atoms with Crippen LogP contribution >= 0.6 is 0 Å². The van der Waals surface area contributed by atoms with Gasteiger partial charge in [-0.25, -0.2) is 4.39 Å². The van der Waals surface area contributed by atoms with Crippen molar-refractivity contribution in [3.63, 3.8) is 0 Å². The lowest BCUT2D eigenvalue weighted by Gasteiger charge is -2.14. The maximum Gasteiger partial charge on any atom is 0.276 e. The van der Waals surface area contributed by atoms with E-state index in [-0.39, 0.29) is 5.91 Å². The minimum Gasteiger partial charge on any atom is -0.492 e. The van der Waals surface area contributed by atoms with Gasteiger partial charge in [0.25, 0.3) is 5.91 Å². The summed E-state index contributed by atoms with van der Waals surface area (Å²) in [5, 5.41) is 12.9. The largest absolute Gasteiger partial charge is 0.492 e. The second-order valence-corrected chi connectivity index (χ2v) is 4.98. The van der Waals surface area contributed by atoms with Crippen LogP contribution in [0.25, 0.3) is 0 Å². The zero-order valence-corrected chi connectivity index (χ0v) is 12.2. The van der Waals surface area contributed by atoms with Crippen LogP contribution in [0, 0.1) is 5.82 Å². The van der Waals surface area contributed by atoms with E-state index in [1.165, 1.54) is 18.2 Å². The summed E-state index contributed by atoms with van der Waals surface area (Å²) in [5.74, 6) is -0.449. The van der Waals surface area contributed by atoms with E-state index in [1.807, 2.05) is 0 Å². The fourth-order valence-corrected chi connectivity index (χ4v) is 2.47. The molecule has 116 valence electrons. The smallest absolute Gasteiger partial charge is 0.276 e. The normalized spacial score (nSPS) is 13.5. The highest BCUT2D eigenvalue weighted by Gasteiger charge is 2.22. The molecule has 2 aromatic rings. The van der Waals surface area contributed by atoms with Gasteiger partial charge in [0.15, 0.2) is 5.69 Å². The first-order valence-corrected chi connectivity index (χ1v) is 7.19. The van der Waals surface area contributed by atoms with Crippen LogP contribution in [0.5, 0.6) is 5.75 Å². The Kier molecular flexibility index (Phi) is 4.06. The van der Waals surface area contributed by atoms with E-state index in [1.54, 1.807) is 6.92 Å². The van der Waals surface area contributed by atoms with E-state index in [0.717, 1.165) is 24.2 Å². The van der Waals surface area contributed by atoms with Gasteiger partial charge in [-0.1, -0.05) is 0 Å². The molecule has 1 aromatic heterocycles. The first kappa shape index (κ1) is 14.5. The number of fused-ring (bicyclic) bond motifs is 1. The number of aromatic nitrogens is 2. The summed E-state index contributed by atoms with van der Waals surface area (Å²) in [6.07, 6.45) is 0.816. The van der Waals surface area contributed by atoms with E-state index in [9.17, 15) is 9.18 Å². The standard InChI is InChI=1S/C15H17FN4O2/c1-2-22-13-7-9(16)3-4-12(13)18-15(21)14-10-8-17-6-5-11(10)19-20-14/h3-4,7,17H,2,5-6,8H2,1H3,(H,18,21)(H,19,20). The second-order valence-electron chi connectivity index (χ2n) is 4.98. The van der Waals surface area contributed by atoms with Gasteiger partial charge in [-0.3, -0.25) is 9.89 Å². The molecule has 1 aliphatic rings. The molecule has 0 fully saturated rings. The summed E-state index contributed by atoms with van der Waals surface area (Å²) in [4.78, 5) is 12.4. The molecule has 7 heteroatoms. The van der Waals surface area contributed by atoms with Gasteiger partial charge in [-0.2, -0.15) is 5.10 Å². The molecule has 3 rings (SSSR count). The van der Waals surface area contributed by atoms with Crippen molar-refractivity contribution in [1.29, 1.82) is 0 Å². The van der Waals surface area contributed by atoms with Gasteiger partial charge in [-0.15, -0.1) is 0 Å². The van der Waals surface area contributed by atoms with Crippen LogP contribution in [0.15, 0.2) is 18.2 Å². The van der Waals surface area contributed by atoms with E-state index in [0.29, 0.717) is 30.3 Å². The lowest BCUT2D eigenvalue weighted by molar-refractivity contribution is 0.102. The summed E-state index contributed by atoms with van der Waals surface area (Å²) in [7, 11) is 0. The Morgan fingerprint density at radius 1 is 1.50 bits per heavy atom. The van der Waals surface area contributed by atoms with E-state index in [2.05, 4.69) is 20.8 Å². The molecular weight excluding hydrogens is 287 g/mol. The zero-order chi connectivity index (χ0) is 15.5. The zero-order valence-electron chi connectivity index (χ0n) is 12.2. The number of carbonyl (C=O) groups is 1. The van der Waals surface area contributed by atoms with Gasteiger partial charge in [0.1, 0.15) is 11.6 Å². The van der Waals surface area contributed by atoms with Gasteiger partial charge in [0, 0.05) is 36.8 Å². The van der Waals surface area contributed by atoms with Gasteiger partial charge < -0.3 is 15.4 Å². The number of amides is 1. The van der Waals surface area contributed by atoms with Gasteiger partial charge in [-0.05, 0) is 19.1 Å². The van der Waals surface area contributed by atoms with Crippen LogP contribution in [-0.2, 0) is 13.0 Å². The Hall–Kier alpha value is -2.41. The third kappa shape index (κ3) is 2.80. The number of benzene rings is 1. The van der Waals surface area contributed by atoms with Crippen LogP contribution in [-0.4, -0.2) is 29.3 Å². The molecule has 22 heavy (non-hydrogen) atoms. The molecule has 1 aliphatic heterocycles. The molecule has 0 unspecified atom stereocenters. The van der Waals surface area contributed by atoms with E-state index < -0.39 is 5.82 Å². The van der Waals surface area contributed by atoms with Crippen molar-refractivity contribution in [1.82, 2.24) is 15.5 Å². The van der Waals surface area contributed by atoms with Gasteiger partial charge >= 0.3 is 0 Å². The average molecular weight is 304 g/mol. The van der Waals surface area contributed by atoms with Crippen LogP contribution < -0.4 is 15.4 Å². The van der Waals surface area contributed by atoms with Crippen molar-refractivity contribution in [3.8, 4) is 5.75 Å². The summed E-state index contributed by atoms with van der Waals surface area (Å²) in [6.45, 7) is 3.65. The summed E-state index contributed by atoms with van der Waals surface area (Å²) < 4.78 is 18.6. The molecular formula is C15H17FN4O2. The van der Waals surface area contributed by atoms with Crippen molar-refractivity contribution < 1.29 is 13.9 Å². The van der Waals surface area contributed by atoms with Gasteiger partial charge in [0.05, 0.1) is 12.3 Å². The third-order valence-electron chi connectivity index (χ3n) is 3.51. The van der Waals surface area contributed by atoms with Crippen LogP contribution in [0.1, 0.15) is 28.7 Å². The van der Waals surface area contributed by atoms with Crippen molar-refractivity contribution >= 4 is 11.6 Å². The fourth-order valence-electron chi connectivity index (χ4n) is 2.47. The van der Waals surface area contributed by atoms with Crippen molar-refractivity contribution in [2.75, 3.05) is 18.5 Å². The molecule has 0 bridgehead atoms. The number of nitrogens with zero attached hydrogens (tertiary/aromatic N) is 1. The number of carbonyl (C=O) groups excluding carboxylic acids is 1. The van der Waals surface area contributed by atoms with Crippen LogP contribution in [0.3, 0.4) is 0 Å². The second kappa shape index (κ2) is 6.15. The molecule has 6 nitrogen and oxygen atoms in total. The SMILES string of the molecule is CCOc1cc(F)ccc1NC(=O)c1n[nH]c2c1CNCC2. The maximum absolute atomic E-state index is 13.3. The predicted octanol–water partition coefficient (Wildman–Crippen LogP) is 1.85. The molecule has 0 saturated carbocycles. The molecule has 2 heterocycles. The van der Waals surface area contributed by atoms with Crippen LogP contribution in [0.4, 0.5) is 10.1 Å². The topological polar surface area (TPSA) is 79.0 Å². The molecule has 0 saturated heterocycles. The number of hydrogen-bond donors (Lipinski definition) is 3. The molecule has 1 amide bonds. The predicted molar refractivity (Wildman–Crippen MR) is 79.5 cm³/mol. The molecule has 1 aromatic carbocycles. The molecule has 3 N–H and O–H groups in total. The number of halogens is 1. The van der Waals surface area contributed by atoms with Crippen molar-refractivity contribution in [3.05, 3.63) is 41.0 Å². The van der Waals surface area contributed by atoms with E-state index >= 15 is 0 Å². The highest BCUT2D eigenvalue weighted by atomic mass is 19.1. The Morgan fingerprint density at radius 3 is 3.18 bits per heavy atom. The Balaban J connectivity index is 1.84. The minimum atomic E-state index is -0.414. The quantitative estimate of drug-likeness (QED) is 0.805. The summed E-state index contributed by atoms with van der Waals surface area (Å²) in [5.41, 5.74) is 2.64. The first-order valence-electron chi connectivity index (χ1n) is 7.19. The molecule has 0 radical (unpaired) electrons. The number of nitrogens with one attached hydrogen (secondary N) is 3. The lowest BCUT2D eigenvalue weighted by atomic mass is 10.1. The fraction of sp³-hybridized carbons (Fsp3) is 0.333. The van der Waals surface area contributed by atoms with Crippen molar-refractivity contribution in [2.45, 2.75) is 19.9 Å². The lowest BCUT2D eigenvalue weighted by Crippen LogP contribution is -2.25. The molecule has 0 spiro atoms. The monoisotopic (exact) mass is 304 g/mol. The molecule has 0 atom stereocenters. The minimum absolute atomic E-state index is 0.304. The number of anilines is 1. The number of rotatable bonds is 4. The van der Waals surface area contributed by atoms with Gasteiger partial charge in [0.2, 0.25) is 0 Å². The van der Waals surface area contributed by atoms with E-state index in [4.69, 9.17) is 4.74 Å². The maximum atomic E-state index is 13.3.